The van der Waals surface area contributed by atoms with Gasteiger partial charge in [0, 0.05) is 56.1 Å². The minimum absolute atomic E-state index is 0.347. The molecule has 0 radical (unpaired) electrons. The number of carbonyl (C=O) groups is 1. The molecule has 0 spiro atoms. The second-order valence-corrected chi connectivity index (χ2v) is 12.5. The van der Waals surface area contributed by atoms with E-state index in [1.165, 1.54) is 12.4 Å². The van der Waals surface area contributed by atoms with Crippen LogP contribution in [0.5, 0.6) is 0 Å². The van der Waals surface area contributed by atoms with Crippen molar-refractivity contribution in [3.05, 3.63) is 111 Å². The highest BCUT2D eigenvalue weighted by Gasteiger charge is 2.18. The minimum Gasteiger partial charge on any atom is -0.444 e. The van der Waals surface area contributed by atoms with Crippen LogP contribution in [0.3, 0.4) is 0 Å². The van der Waals surface area contributed by atoms with Crippen LogP contribution in [0.25, 0.3) is 0 Å². The van der Waals surface area contributed by atoms with E-state index in [2.05, 4.69) is 47.1 Å². The van der Waals surface area contributed by atoms with E-state index < -0.39 is 18.8 Å². The summed E-state index contributed by atoms with van der Waals surface area (Å²) in [5.41, 5.74) is 9.51. The summed E-state index contributed by atoms with van der Waals surface area (Å²) < 4.78 is 7.29. The zero-order chi connectivity index (χ0) is 32.2. The standard InChI is InChI=1S/C12H14BrIN2O2.C12H10BrN3.C5H6BNO2/c1-12(2,3)18-11(17)16-9-5-4-7(13)6-8(9)10(14)15;13-9-1-2-11(14)10(7-9)12(15)8-3-5-16-6-4-8;8-6(9)5-1-3-7-4-2-5/h4-6,15H,1-3H3,(H,16,17);1-7,15H,14H2;1-4,8-9H. The Morgan fingerprint density at radius 3 is 1.91 bits per heavy atom. The van der Waals surface area contributed by atoms with Crippen molar-refractivity contribution in [3.8, 4) is 0 Å². The predicted octanol–water partition coefficient (Wildman–Crippen LogP) is 6.16. The molecule has 4 rings (SSSR count). The summed E-state index contributed by atoms with van der Waals surface area (Å²) in [5, 5.41) is 35.5. The Hall–Kier alpha value is -3.18. The van der Waals surface area contributed by atoms with E-state index in [0.717, 1.165) is 20.1 Å². The Bertz CT molecular complexity index is 1540. The summed E-state index contributed by atoms with van der Waals surface area (Å²) in [6.45, 7) is 5.40. The summed E-state index contributed by atoms with van der Waals surface area (Å²) in [6, 6.07) is 17.5. The number of ether oxygens (including phenoxy) is 1. The van der Waals surface area contributed by atoms with Crippen LogP contribution in [0.15, 0.2) is 94.4 Å². The molecule has 0 aliphatic carbocycles. The number of hydrogen-bond acceptors (Lipinski definition) is 9. The van der Waals surface area contributed by atoms with Crippen LogP contribution in [0.4, 0.5) is 16.2 Å². The van der Waals surface area contributed by atoms with Gasteiger partial charge in [0.2, 0.25) is 0 Å². The average Bonchev–Trinajstić information content (AvgIpc) is 2.95. The summed E-state index contributed by atoms with van der Waals surface area (Å²) in [4.78, 5) is 19.3. The van der Waals surface area contributed by atoms with Crippen molar-refractivity contribution in [3.63, 3.8) is 0 Å². The van der Waals surface area contributed by atoms with E-state index in [-0.39, 0.29) is 0 Å². The van der Waals surface area contributed by atoms with Crippen molar-refractivity contribution < 1.29 is 19.6 Å². The van der Waals surface area contributed by atoms with E-state index in [1.54, 1.807) is 81.7 Å². The first-order valence-corrected chi connectivity index (χ1v) is 15.2. The Balaban J connectivity index is 0.000000237. The van der Waals surface area contributed by atoms with E-state index in [1.807, 2.05) is 34.7 Å². The molecular formula is C29H30BBr2IN6O4. The highest BCUT2D eigenvalue weighted by molar-refractivity contribution is 14.1. The van der Waals surface area contributed by atoms with Gasteiger partial charge in [-0.3, -0.25) is 26.1 Å². The Labute approximate surface area is 281 Å². The molecule has 2 heterocycles. The van der Waals surface area contributed by atoms with Gasteiger partial charge in [-0.25, -0.2) is 4.79 Å². The Morgan fingerprint density at radius 2 is 1.42 bits per heavy atom. The van der Waals surface area contributed by atoms with Crippen LogP contribution in [0.2, 0.25) is 0 Å². The molecule has 2 aromatic carbocycles. The van der Waals surface area contributed by atoms with Crippen LogP contribution in [0.1, 0.15) is 37.5 Å². The minimum atomic E-state index is -1.38. The van der Waals surface area contributed by atoms with Crippen LogP contribution >= 0.6 is 54.5 Å². The molecular weight excluding hydrogens is 794 g/mol. The molecule has 0 fully saturated rings. The number of pyridine rings is 2. The van der Waals surface area contributed by atoms with E-state index >= 15 is 0 Å². The van der Waals surface area contributed by atoms with Gasteiger partial charge in [-0.15, -0.1) is 0 Å². The van der Waals surface area contributed by atoms with Gasteiger partial charge >= 0.3 is 13.2 Å². The van der Waals surface area contributed by atoms with Gasteiger partial charge in [-0.05, 0) is 109 Å². The topological polar surface area (TPSA) is 178 Å². The number of hydrogen-bond donors (Lipinski definition) is 6. The maximum absolute atomic E-state index is 11.7. The number of benzene rings is 2. The van der Waals surface area contributed by atoms with Crippen molar-refractivity contribution in [1.82, 2.24) is 9.97 Å². The van der Waals surface area contributed by atoms with Crippen LogP contribution in [-0.2, 0) is 4.74 Å². The largest absolute Gasteiger partial charge is 0.488 e. The lowest BCUT2D eigenvalue weighted by molar-refractivity contribution is 0.0636. The fourth-order valence-electron chi connectivity index (χ4n) is 3.18. The number of halogens is 3. The third kappa shape index (κ3) is 12.9. The smallest absolute Gasteiger partial charge is 0.444 e. The molecule has 1 amide bonds. The molecule has 10 nitrogen and oxygen atoms in total. The number of nitrogens with zero attached hydrogens (tertiary/aromatic N) is 2. The number of anilines is 2. The fourth-order valence-corrected chi connectivity index (χ4v) is 4.34. The first-order valence-electron chi connectivity index (χ1n) is 12.5. The van der Waals surface area contributed by atoms with Gasteiger partial charge in [-0.2, -0.15) is 0 Å². The zero-order valence-corrected chi connectivity index (χ0v) is 28.8. The van der Waals surface area contributed by atoms with E-state index in [9.17, 15) is 4.79 Å². The third-order valence-electron chi connectivity index (χ3n) is 5.11. The zero-order valence-electron chi connectivity index (χ0n) is 23.5. The normalized spacial score (nSPS) is 10.2. The van der Waals surface area contributed by atoms with Crippen molar-refractivity contribution in [2.75, 3.05) is 11.1 Å². The molecule has 4 aromatic rings. The van der Waals surface area contributed by atoms with Gasteiger partial charge < -0.3 is 20.5 Å². The van der Waals surface area contributed by atoms with Crippen LogP contribution in [0, 0.1) is 10.8 Å². The monoisotopic (exact) mass is 822 g/mol. The molecule has 0 atom stereocenters. The van der Waals surface area contributed by atoms with Gasteiger partial charge in [0.25, 0.3) is 0 Å². The van der Waals surface area contributed by atoms with Gasteiger partial charge in [0.15, 0.2) is 0 Å². The second-order valence-electron chi connectivity index (χ2n) is 9.63. The molecule has 7 N–H and O–H groups in total. The first-order chi connectivity index (χ1) is 20.2. The lowest BCUT2D eigenvalue weighted by Gasteiger charge is -2.20. The molecule has 0 unspecified atom stereocenters. The fraction of sp³-hybridized carbons (Fsp3) is 0.138. The molecule has 0 saturated heterocycles. The highest BCUT2D eigenvalue weighted by atomic mass is 127. The van der Waals surface area contributed by atoms with Crippen molar-refractivity contribution in [2.24, 2.45) is 0 Å². The molecule has 2 aromatic heterocycles. The SMILES string of the molecule is CC(C)(C)OC(=O)Nc1ccc(Br)cc1C(=N)I.N=C(c1ccncc1)c1cc(Br)ccc1N.OB(O)c1ccncc1. The Morgan fingerprint density at radius 1 is 0.907 bits per heavy atom. The molecule has 0 aliphatic rings. The first kappa shape index (κ1) is 36.0. The highest BCUT2D eigenvalue weighted by Crippen LogP contribution is 2.24. The Kier molecular flexibility index (Phi) is 14.4. The number of amides is 1. The molecule has 0 bridgehead atoms. The summed E-state index contributed by atoms with van der Waals surface area (Å²) in [7, 11) is -1.38. The van der Waals surface area contributed by atoms with Crippen molar-refractivity contribution in [1.29, 1.82) is 10.8 Å². The van der Waals surface area contributed by atoms with Crippen LogP contribution < -0.4 is 16.5 Å². The molecule has 0 aliphatic heterocycles. The molecule has 43 heavy (non-hydrogen) atoms. The number of nitrogens with one attached hydrogen (secondary N) is 3. The molecule has 14 heteroatoms. The quantitative estimate of drug-likeness (QED) is 0.0604. The number of aromatic nitrogens is 2. The number of nitrogens with two attached hydrogens (primary N) is 1. The summed E-state index contributed by atoms with van der Waals surface area (Å²) >= 11 is 8.60. The van der Waals surface area contributed by atoms with E-state index in [0.29, 0.717) is 31.8 Å². The van der Waals surface area contributed by atoms with Gasteiger partial charge in [0.05, 0.1) is 11.4 Å². The number of nitrogen functional groups attached to an aromatic ring is 1. The van der Waals surface area contributed by atoms with Crippen molar-refractivity contribution in [2.45, 2.75) is 26.4 Å². The molecule has 0 saturated carbocycles. The lowest BCUT2D eigenvalue weighted by Crippen LogP contribution is -2.29. The second kappa shape index (κ2) is 17.2. The van der Waals surface area contributed by atoms with Gasteiger partial charge in [0.1, 0.15) is 9.32 Å². The number of rotatable bonds is 5. The maximum atomic E-state index is 11.7. The third-order valence-corrected chi connectivity index (χ3v) is 6.68. The van der Waals surface area contributed by atoms with Gasteiger partial charge in [-0.1, -0.05) is 31.9 Å². The van der Waals surface area contributed by atoms with Crippen LogP contribution in [-0.4, -0.2) is 48.3 Å². The van der Waals surface area contributed by atoms with Crippen molar-refractivity contribution >= 4 is 93.9 Å². The number of carbonyl (C=O) groups excluding carboxylic acids is 1. The molecule has 224 valence electrons. The average molecular weight is 824 g/mol. The predicted molar refractivity (Wildman–Crippen MR) is 188 cm³/mol. The summed E-state index contributed by atoms with van der Waals surface area (Å²) in [6.07, 6.45) is 5.82. The summed E-state index contributed by atoms with van der Waals surface area (Å²) in [5.74, 6) is 0. The maximum Gasteiger partial charge on any atom is 0.488 e. The lowest BCUT2D eigenvalue weighted by atomic mass is 9.81. The van der Waals surface area contributed by atoms with E-state index in [4.69, 9.17) is 31.3 Å².